The Balaban J connectivity index is 2.12. The number of fused-ring (bicyclic) bond motifs is 1. The minimum absolute atomic E-state index is 0.491. The van der Waals surface area contributed by atoms with E-state index in [0.29, 0.717) is 0 Å². The van der Waals surface area contributed by atoms with E-state index in [1.54, 1.807) is 13.8 Å². The molecular weight excluding hydrogens is 179 g/mol. The minimum Gasteiger partial charge on any atom is -0.366 e. The first-order valence-corrected chi connectivity index (χ1v) is 4.28. The van der Waals surface area contributed by atoms with Crippen molar-refractivity contribution in [2.24, 2.45) is 0 Å². The summed E-state index contributed by atoms with van der Waals surface area (Å²) in [7, 11) is 0. The fraction of sp³-hybridized carbons (Fsp3) is 1.00. The SMILES string of the molecule is CC1(C)O[C@@H]2[C@H](O1)[C@@H](CF)O[C@H]2O. The van der Waals surface area contributed by atoms with Crippen LogP contribution in [0, 0.1) is 0 Å². The number of halogens is 1. The van der Waals surface area contributed by atoms with Crippen molar-refractivity contribution in [2.45, 2.75) is 44.2 Å². The molecule has 2 rings (SSSR count). The highest BCUT2D eigenvalue weighted by Crippen LogP contribution is 2.37. The van der Waals surface area contributed by atoms with Crippen LogP contribution < -0.4 is 0 Å². The van der Waals surface area contributed by atoms with Gasteiger partial charge in [0, 0.05) is 0 Å². The number of alkyl halides is 1. The molecule has 2 aliphatic heterocycles. The van der Waals surface area contributed by atoms with Gasteiger partial charge in [0.1, 0.15) is 25.0 Å². The van der Waals surface area contributed by atoms with Crippen molar-refractivity contribution in [3.63, 3.8) is 0 Å². The topological polar surface area (TPSA) is 47.9 Å². The summed E-state index contributed by atoms with van der Waals surface area (Å²) in [5.74, 6) is -0.756. The van der Waals surface area contributed by atoms with Crippen LogP contribution in [0.1, 0.15) is 13.8 Å². The van der Waals surface area contributed by atoms with Gasteiger partial charge in [-0.1, -0.05) is 0 Å². The number of aliphatic hydroxyl groups excluding tert-OH is 1. The normalized spacial score (nSPS) is 48.0. The largest absolute Gasteiger partial charge is 0.366 e. The molecule has 0 aromatic carbocycles. The second kappa shape index (κ2) is 2.88. The Labute approximate surface area is 75.6 Å². The van der Waals surface area contributed by atoms with Gasteiger partial charge in [0.05, 0.1) is 0 Å². The van der Waals surface area contributed by atoms with Crippen LogP contribution in [0.5, 0.6) is 0 Å². The lowest BCUT2D eigenvalue weighted by molar-refractivity contribution is -0.221. The van der Waals surface area contributed by atoms with E-state index in [1.807, 2.05) is 0 Å². The fourth-order valence-corrected chi connectivity index (χ4v) is 1.78. The summed E-state index contributed by atoms with van der Waals surface area (Å²) in [4.78, 5) is 0. The van der Waals surface area contributed by atoms with Crippen molar-refractivity contribution in [3.05, 3.63) is 0 Å². The zero-order valence-electron chi connectivity index (χ0n) is 7.57. The van der Waals surface area contributed by atoms with Gasteiger partial charge in [-0.25, -0.2) is 4.39 Å². The summed E-state index contributed by atoms with van der Waals surface area (Å²) in [5.41, 5.74) is 0. The Morgan fingerprint density at radius 2 is 1.92 bits per heavy atom. The minimum atomic E-state index is -1.08. The molecule has 1 N–H and O–H groups in total. The van der Waals surface area contributed by atoms with Gasteiger partial charge in [0.25, 0.3) is 0 Å². The Bertz CT molecular complexity index is 208. The molecule has 2 saturated heterocycles. The van der Waals surface area contributed by atoms with Crippen LogP contribution in [-0.4, -0.2) is 42.2 Å². The standard InChI is InChI=1S/C8H13FO4/c1-8(2)12-5-4(3-9)11-7(10)6(5)13-8/h4-7,10H,3H2,1-2H3/t4-,5-,6-,7-/m1/s1. The zero-order chi connectivity index (χ0) is 9.64. The van der Waals surface area contributed by atoms with Gasteiger partial charge in [-0.3, -0.25) is 0 Å². The van der Waals surface area contributed by atoms with E-state index in [1.165, 1.54) is 0 Å². The molecule has 76 valence electrons. The summed E-state index contributed by atoms with van der Waals surface area (Å²) >= 11 is 0. The summed E-state index contributed by atoms with van der Waals surface area (Å²) in [6, 6.07) is 0. The monoisotopic (exact) mass is 192 g/mol. The summed E-state index contributed by atoms with van der Waals surface area (Å²) in [6.45, 7) is 2.79. The van der Waals surface area contributed by atoms with Crippen molar-refractivity contribution in [2.75, 3.05) is 6.67 Å². The highest BCUT2D eigenvalue weighted by molar-refractivity contribution is 4.94. The molecule has 2 fully saturated rings. The molecular formula is C8H13FO4. The molecule has 0 aromatic heterocycles. The van der Waals surface area contributed by atoms with E-state index in [9.17, 15) is 9.50 Å². The highest BCUT2D eigenvalue weighted by atomic mass is 19.1. The predicted octanol–water partition coefficient (Wildman–Crippen LogP) is 0.193. The van der Waals surface area contributed by atoms with E-state index in [-0.39, 0.29) is 0 Å². The lowest BCUT2D eigenvalue weighted by Crippen LogP contribution is -2.30. The molecule has 2 heterocycles. The Kier molecular flexibility index (Phi) is 2.07. The van der Waals surface area contributed by atoms with Crippen LogP contribution in [0.4, 0.5) is 4.39 Å². The first-order valence-electron chi connectivity index (χ1n) is 4.28. The molecule has 0 amide bonds. The van der Waals surface area contributed by atoms with E-state index >= 15 is 0 Å². The molecule has 0 unspecified atom stereocenters. The maximum Gasteiger partial charge on any atom is 0.184 e. The molecule has 0 aliphatic carbocycles. The summed E-state index contributed by atoms with van der Waals surface area (Å²) < 4.78 is 28.0. The number of ether oxygens (including phenoxy) is 3. The third kappa shape index (κ3) is 1.46. The first kappa shape index (κ1) is 9.33. The van der Waals surface area contributed by atoms with Crippen molar-refractivity contribution in [1.82, 2.24) is 0 Å². The van der Waals surface area contributed by atoms with E-state index in [2.05, 4.69) is 0 Å². The van der Waals surface area contributed by atoms with Gasteiger partial charge in [-0.05, 0) is 13.8 Å². The molecule has 5 heteroatoms. The molecule has 4 nitrogen and oxygen atoms in total. The third-order valence-corrected chi connectivity index (χ3v) is 2.28. The van der Waals surface area contributed by atoms with Gasteiger partial charge in [-0.15, -0.1) is 0 Å². The van der Waals surface area contributed by atoms with Crippen LogP contribution in [0.15, 0.2) is 0 Å². The van der Waals surface area contributed by atoms with Crippen LogP contribution in [0.2, 0.25) is 0 Å². The molecule has 4 atom stereocenters. The lowest BCUT2D eigenvalue weighted by Gasteiger charge is -2.21. The Hall–Kier alpha value is -0.230. The van der Waals surface area contributed by atoms with Gasteiger partial charge in [0.2, 0.25) is 0 Å². The molecule has 0 radical (unpaired) electrons. The average Bonchev–Trinajstić information content (AvgIpc) is 2.47. The van der Waals surface area contributed by atoms with E-state index < -0.39 is 37.1 Å². The second-order valence-corrected chi connectivity index (χ2v) is 3.78. The number of hydrogen-bond acceptors (Lipinski definition) is 4. The van der Waals surface area contributed by atoms with Crippen LogP contribution in [0.3, 0.4) is 0 Å². The van der Waals surface area contributed by atoms with Crippen LogP contribution >= 0.6 is 0 Å². The third-order valence-electron chi connectivity index (χ3n) is 2.28. The fourth-order valence-electron chi connectivity index (χ4n) is 1.78. The second-order valence-electron chi connectivity index (χ2n) is 3.78. The van der Waals surface area contributed by atoms with Crippen LogP contribution in [-0.2, 0) is 14.2 Å². The highest BCUT2D eigenvalue weighted by Gasteiger charge is 2.54. The quantitative estimate of drug-likeness (QED) is 0.644. The first-order chi connectivity index (χ1) is 6.03. The van der Waals surface area contributed by atoms with Gasteiger partial charge in [0.15, 0.2) is 12.1 Å². The zero-order valence-corrected chi connectivity index (χ0v) is 7.57. The maximum atomic E-state index is 12.4. The predicted molar refractivity (Wildman–Crippen MR) is 40.7 cm³/mol. The number of hydrogen-bond donors (Lipinski definition) is 1. The average molecular weight is 192 g/mol. The molecule has 0 aromatic rings. The van der Waals surface area contributed by atoms with Crippen molar-refractivity contribution < 1.29 is 23.7 Å². The lowest BCUT2D eigenvalue weighted by atomic mass is 10.1. The molecule has 13 heavy (non-hydrogen) atoms. The van der Waals surface area contributed by atoms with Gasteiger partial charge in [-0.2, -0.15) is 0 Å². The van der Waals surface area contributed by atoms with E-state index in [4.69, 9.17) is 14.2 Å². The van der Waals surface area contributed by atoms with Crippen LogP contribution in [0.25, 0.3) is 0 Å². The van der Waals surface area contributed by atoms with Crippen molar-refractivity contribution >= 4 is 0 Å². The smallest absolute Gasteiger partial charge is 0.184 e. The summed E-state index contributed by atoms with van der Waals surface area (Å²) in [5, 5.41) is 9.34. The molecule has 2 aliphatic rings. The molecule has 0 spiro atoms. The molecule has 0 bridgehead atoms. The Morgan fingerprint density at radius 1 is 1.31 bits per heavy atom. The summed E-state index contributed by atoms with van der Waals surface area (Å²) in [6.07, 6.45) is -2.83. The van der Waals surface area contributed by atoms with Crippen molar-refractivity contribution in [3.8, 4) is 0 Å². The van der Waals surface area contributed by atoms with Crippen molar-refractivity contribution in [1.29, 1.82) is 0 Å². The Morgan fingerprint density at radius 3 is 2.54 bits per heavy atom. The van der Waals surface area contributed by atoms with Gasteiger partial charge < -0.3 is 19.3 Å². The maximum absolute atomic E-state index is 12.4. The van der Waals surface area contributed by atoms with Gasteiger partial charge >= 0.3 is 0 Å². The van der Waals surface area contributed by atoms with E-state index in [0.717, 1.165) is 0 Å². The molecule has 0 saturated carbocycles. The number of aliphatic hydroxyl groups is 1. The number of rotatable bonds is 1.